The molecule has 1 unspecified atom stereocenters. The van der Waals surface area contributed by atoms with Gasteiger partial charge in [0.15, 0.2) is 5.75 Å². The molecule has 0 amide bonds. The van der Waals surface area contributed by atoms with Gasteiger partial charge in [-0.15, -0.1) is 5.11 Å². The highest BCUT2D eigenvalue weighted by Gasteiger charge is 2.26. The van der Waals surface area contributed by atoms with Crippen LogP contribution in [0.3, 0.4) is 0 Å². The summed E-state index contributed by atoms with van der Waals surface area (Å²) < 4.78 is 0. The van der Waals surface area contributed by atoms with E-state index in [2.05, 4.69) is 10.2 Å². The van der Waals surface area contributed by atoms with Gasteiger partial charge in [-0.3, -0.25) is 10.3 Å². The van der Waals surface area contributed by atoms with Crippen LogP contribution in [0.1, 0.15) is 44.2 Å². The van der Waals surface area contributed by atoms with Crippen LogP contribution in [0.4, 0.5) is 11.4 Å². The summed E-state index contributed by atoms with van der Waals surface area (Å²) in [6.45, 7) is 3.91. The number of nitrogens with zero attached hydrogens (tertiary/aromatic N) is 3. The zero-order chi connectivity index (χ0) is 27.0. The standard InChI is InChI=1S/C30H25N3O5/c1-17-13-18(2)15-22(14-17)27-26-19(11-12-33(27)38)9-10-25(29(26)35)32-31-24-8-4-7-23(28(24)34)20-5-3-6-21(16-20)30(36)37/h3-16,27,34-35,38H,1-2H3,(H,36,37)/p-1. The van der Waals surface area contributed by atoms with Crippen molar-refractivity contribution in [3.8, 4) is 22.6 Å². The Bertz CT molecular complexity index is 1610. The average Bonchev–Trinajstić information content (AvgIpc) is 2.88. The molecule has 0 aliphatic carbocycles. The number of carbonyl (C=O) groups is 1. The van der Waals surface area contributed by atoms with Gasteiger partial charge in [0.1, 0.15) is 11.7 Å². The normalized spacial score (nSPS) is 14.6. The van der Waals surface area contributed by atoms with Crippen molar-refractivity contribution >= 4 is 23.4 Å². The van der Waals surface area contributed by atoms with Crippen LogP contribution >= 0.6 is 0 Å². The fourth-order valence-electron chi connectivity index (χ4n) is 4.74. The Labute approximate surface area is 219 Å². The molecule has 1 atom stereocenters. The van der Waals surface area contributed by atoms with E-state index in [-0.39, 0.29) is 28.4 Å². The number of phenolic OH excluding ortho intramolecular Hbond substituents is 1. The Kier molecular flexibility index (Phi) is 6.40. The summed E-state index contributed by atoms with van der Waals surface area (Å²) in [4.78, 5) is 11.3. The summed E-state index contributed by atoms with van der Waals surface area (Å²) in [5, 5.41) is 53.7. The molecule has 1 heterocycles. The van der Waals surface area contributed by atoms with Crippen molar-refractivity contribution in [1.29, 1.82) is 0 Å². The van der Waals surface area contributed by atoms with Crippen LogP contribution in [0.25, 0.3) is 17.2 Å². The molecule has 0 radical (unpaired) electrons. The fraction of sp³-hybridized carbons (Fsp3) is 0.100. The molecule has 1 aliphatic heterocycles. The van der Waals surface area contributed by atoms with Crippen LogP contribution in [-0.4, -0.2) is 26.5 Å². The number of rotatable bonds is 5. The minimum absolute atomic E-state index is 0.0551. The van der Waals surface area contributed by atoms with E-state index in [1.54, 1.807) is 48.5 Å². The molecule has 0 bridgehead atoms. The molecular formula is C30H24N3O5-. The van der Waals surface area contributed by atoms with Crippen LogP contribution in [-0.2, 0) is 0 Å². The molecule has 0 saturated carbocycles. The molecule has 3 N–H and O–H groups in total. The molecule has 1 aliphatic rings. The van der Waals surface area contributed by atoms with E-state index in [0.717, 1.165) is 21.8 Å². The second-order valence-corrected chi connectivity index (χ2v) is 9.20. The number of benzene rings is 4. The summed E-state index contributed by atoms with van der Waals surface area (Å²) in [5.74, 6) is -1.65. The summed E-state index contributed by atoms with van der Waals surface area (Å²) >= 11 is 0. The maximum absolute atomic E-state index is 13.6. The molecule has 8 heteroatoms. The predicted octanol–water partition coefficient (Wildman–Crippen LogP) is 6.63. The molecule has 0 spiro atoms. The van der Waals surface area contributed by atoms with Gasteiger partial charge in [0.2, 0.25) is 0 Å². The summed E-state index contributed by atoms with van der Waals surface area (Å²) in [7, 11) is 0. The number of aryl methyl sites for hydroxylation is 2. The smallest absolute Gasteiger partial charge is 0.335 e. The van der Waals surface area contributed by atoms with Crippen LogP contribution < -0.4 is 5.11 Å². The Morgan fingerprint density at radius 3 is 2.37 bits per heavy atom. The molecule has 0 saturated heterocycles. The van der Waals surface area contributed by atoms with Gasteiger partial charge >= 0.3 is 5.97 Å². The van der Waals surface area contributed by atoms with E-state index in [4.69, 9.17) is 0 Å². The number of fused-ring (bicyclic) bond motifs is 1. The largest absolute Gasteiger partial charge is 0.871 e. The SMILES string of the molecule is Cc1cc(C)cc(C2c3c(ccc(N=Nc4cccc(-c5cccc(C(=O)O)c5)c4O)c3[O-])C=CN2O)c1. The fourth-order valence-corrected chi connectivity index (χ4v) is 4.74. The Balaban J connectivity index is 1.54. The molecule has 190 valence electrons. The van der Waals surface area contributed by atoms with Crippen molar-refractivity contribution in [3.05, 3.63) is 112 Å². The summed E-state index contributed by atoms with van der Waals surface area (Å²) in [5.41, 5.74) is 4.99. The monoisotopic (exact) mass is 506 g/mol. The van der Waals surface area contributed by atoms with E-state index >= 15 is 0 Å². The number of hydroxylamine groups is 2. The lowest BCUT2D eigenvalue weighted by atomic mass is 9.89. The third-order valence-corrected chi connectivity index (χ3v) is 6.41. The first-order valence-electron chi connectivity index (χ1n) is 11.9. The molecular weight excluding hydrogens is 482 g/mol. The van der Waals surface area contributed by atoms with Crippen LogP contribution in [0.2, 0.25) is 0 Å². The highest BCUT2D eigenvalue weighted by Crippen LogP contribution is 2.44. The summed E-state index contributed by atoms with van der Waals surface area (Å²) in [6, 6.07) is 19.5. The highest BCUT2D eigenvalue weighted by atomic mass is 16.5. The molecule has 5 rings (SSSR count). The lowest BCUT2D eigenvalue weighted by molar-refractivity contribution is -0.269. The van der Waals surface area contributed by atoms with Crippen LogP contribution in [0, 0.1) is 13.8 Å². The minimum atomic E-state index is -1.08. The first kappa shape index (κ1) is 24.7. The molecule has 4 aromatic carbocycles. The number of aromatic hydroxyl groups is 1. The molecule has 4 aromatic rings. The number of carboxylic acid groups (broad SMARTS) is 1. The lowest BCUT2D eigenvalue weighted by Gasteiger charge is -2.34. The first-order valence-corrected chi connectivity index (χ1v) is 11.9. The number of hydrogen-bond acceptors (Lipinski definition) is 7. The van der Waals surface area contributed by atoms with Crippen molar-refractivity contribution in [2.45, 2.75) is 19.9 Å². The van der Waals surface area contributed by atoms with Gasteiger partial charge in [-0.1, -0.05) is 65.4 Å². The average molecular weight is 507 g/mol. The maximum Gasteiger partial charge on any atom is 0.335 e. The third-order valence-electron chi connectivity index (χ3n) is 6.41. The quantitative estimate of drug-likeness (QED) is 0.261. The molecule has 38 heavy (non-hydrogen) atoms. The number of carboxylic acids is 1. The number of para-hydroxylation sites is 1. The van der Waals surface area contributed by atoms with Crippen molar-refractivity contribution in [2.75, 3.05) is 0 Å². The van der Waals surface area contributed by atoms with E-state index in [9.17, 15) is 25.3 Å². The minimum Gasteiger partial charge on any atom is -0.871 e. The molecule has 8 nitrogen and oxygen atoms in total. The number of hydrogen-bond donors (Lipinski definition) is 3. The number of phenols is 1. The zero-order valence-electron chi connectivity index (χ0n) is 20.7. The van der Waals surface area contributed by atoms with Crippen molar-refractivity contribution < 1.29 is 25.3 Å². The number of aromatic carboxylic acids is 1. The van der Waals surface area contributed by atoms with Gasteiger partial charge in [0, 0.05) is 11.8 Å². The predicted molar refractivity (Wildman–Crippen MR) is 141 cm³/mol. The zero-order valence-corrected chi connectivity index (χ0v) is 20.7. The topological polar surface area (TPSA) is 129 Å². The first-order chi connectivity index (χ1) is 18.2. The maximum atomic E-state index is 13.6. The van der Waals surface area contributed by atoms with E-state index < -0.39 is 12.0 Å². The van der Waals surface area contributed by atoms with Crippen molar-refractivity contribution in [2.24, 2.45) is 10.2 Å². The second kappa shape index (κ2) is 9.84. The molecule has 0 aromatic heterocycles. The summed E-state index contributed by atoms with van der Waals surface area (Å²) in [6.07, 6.45) is 3.19. The highest BCUT2D eigenvalue weighted by molar-refractivity contribution is 5.90. The Morgan fingerprint density at radius 1 is 0.921 bits per heavy atom. The van der Waals surface area contributed by atoms with Crippen molar-refractivity contribution in [3.63, 3.8) is 0 Å². The second-order valence-electron chi connectivity index (χ2n) is 9.20. The van der Waals surface area contributed by atoms with Crippen LogP contribution in [0.15, 0.2) is 89.2 Å². The van der Waals surface area contributed by atoms with Gasteiger partial charge in [0.05, 0.1) is 11.3 Å². The lowest BCUT2D eigenvalue weighted by Crippen LogP contribution is -2.25. The van der Waals surface area contributed by atoms with E-state index in [1.165, 1.54) is 18.3 Å². The van der Waals surface area contributed by atoms with Gasteiger partial charge in [0.25, 0.3) is 0 Å². The Morgan fingerprint density at radius 2 is 1.63 bits per heavy atom. The van der Waals surface area contributed by atoms with Crippen LogP contribution in [0.5, 0.6) is 11.5 Å². The van der Waals surface area contributed by atoms with E-state index in [1.807, 2.05) is 32.0 Å². The Hall–Kier alpha value is -4.95. The van der Waals surface area contributed by atoms with E-state index in [0.29, 0.717) is 22.3 Å². The van der Waals surface area contributed by atoms with Crippen molar-refractivity contribution in [1.82, 2.24) is 5.06 Å². The van der Waals surface area contributed by atoms with Gasteiger partial charge < -0.3 is 15.3 Å². The number of azo groups is 1. The van der Waals surface area contributed by atoms with Gasteiger partial charge in [-0.2, -0.15) is 5.11 Å². The molecule has 0 fully saturated rings. The third kappa shape index (κ3) is 4.60. The van der Waals surface area contributed by atoms with Gasteiger partial charge in [-0.05, 0) is 66.4 Å². The van der Waals surface area contributed by atoms with Gasteiger partial charge in [-0.25, -0.2) is 4.79 Å².